The summed E-state index contributed by atoms with van der Waals surface area (Å²) in [7, 11) is 1.80. The van der Waals surface area contributed by atoms with E-state index in [1.165, 1.54) is 0 Å². The zero-order chi connectivity index (χ0) is 15.9. The van der Waals surface area contributed by atoms with Gasteiger partial charge in [-0.3, -0.25) is 9.69 Å². The number of nitrogens with zero attached hydrogens (tertiary/aromatic N) is 2. The summed E-state index contributed by atoms with van der Waals surface area (Å²) < 4.78 is 10.8. The van der Waals surface area contributed by atoms with Crippen molar-refractivity contribution in [2.75, 3.05) is 39.8 Å². The topological polar surface area (TPSA) is 101 Å². The summed E-state index contributed by atoms with van der Waals surface area (Å²) in [6, 6.07) is 3.43. The first kappa shape index (κ1) is 16.3. The molecule has 3 N–H and O–H groups in total. The summed E-state index contributed by atoms with van der Waals surface area (Å²) in [6.07, 6.45) is 1.44. The number of hydrogen-bond acceptors (Lipinski definition) is 5. The molecule has 0 aliphatic carbocycles. The van der Waals surface area contributed by atoms with Crippen LogP contribution in [0.3, 0.4) is 0 Å². The SMILES string of the molecule is CN(CC(N)=O)C[C@H]1CN(C(=O)NCc2ccco2)CCO1. The van der Waals surface area contributed by atoms with Crippen molar-refractivity contribution in [3.8, 4) is 0 Å². The number of morpholine rings is 1. The normalized spacial score (nSPS) is 18.5. The van der Waals surface area contributed by atoms with E-state index in [-0.39, 0.29) is 24.6 Å². The van der Waals surface area contributed by atoms with E-state index >= 15 is 0 Å². The van der Waals surface area contributed by atoms with Gasteiger partial charge in [0.05, 0.1) is 32.1 Å². The molecule has 0 aromatic carbocycles. The van der Waals surface area contributed by atoms with Crippen molar-refractivity contribution in [1.29, 1.82) is 0 Å². The van der Waals surface area contributed by atoms with Gasteiger partial charge in [0, 0.05) is 19.6 Å². The third-order valence-corrected chi connectivity index (χ3v) is 3.36. The fourth-order valence-electron chi connectivity index (χ4n) is 2.38. The Kier molecular flexibility index (Phi) is 5.79. The maximum absolute atomic E-state index is 12.1. The second kappa shape index (κ2) is 7.81. The smallest absolute Gasteiger partial charge is 0.317 e. The van der Waals surface area contributed by atoms with Gasteiger partial charge in [-0.25, -0.2) is 4.79 Å². The van der Waals surface area contributed by atoms with Crippen LogP contribution in [-0.4, -0.2) is 67.7 Å². The molecule has 1 aromatic rings. The van der Waals surface area contributed by atoms with Crippen LogP contribution in [0.15, 0.2) is 22.8 Å². The molecule has 2 rings (SSSR count). The van der Waals surface area contributed by atoms with Gasteiger partial charge in [-0.15, -0.1) is 0 Å². The molecule has 1 fully saturated rings. The third kappa shape index (κ3) is 5.05. The molecular formula is C14H22N4O4. The van der Waals surface area contributed by atoms with Crippen LogP contribution in [0.2, 0.25) is 0 Å². The number of hydrogen-bond donors (Lipinski definition) is 2. The summed E-state index contributed by atoms with van der Waals surface area (Å²) in [6.45, 7) is 2.57. The second-order valence-electron chi connectivity index (χ2n) is 5.34. The van der Waals surface area contributed by atoms with Crippen LogP contribution in [-0.2, 0) is 16.1 Å². The molecule has 0 bridgehead atoms. The molecule has 1 aliphatic rings. The summed E-state index contributed by atoms with van der Waals surface area (Å²) in [4.78, 5) is 26.5. The summed E-state index contributed by atoms with van der Waals surface area (Å²) in [5.41, 5.74) is 5.16. The van der Waals surface area contributed by atoms with Crippen molar-refractivity contribution in [1.82, 2.24) is 15.1 Å². The van der Waals surface area contributed by atoms with Crippen molar-refractivity contribution in [3.05, 3.63) is 24.2 Å². The van der Waals surface area contributed by atoms with E-state index in [1.807, 2.05) is 0 Å². The fraction of sp³-hybridized carbons (Fsp3) is 0.571. The first-order valence-electron chi connectivity index (χ1n) is 7.18. The lowest BCUT2D eigenvalue weighted by Crippen LogP contribution is -2.52. The standard InChI is InChI=1S/C14H22N4O4/c1-17(10-13(15)19)8-12-9-18(4-6-22-12)14(20)16-7-11-3-2-5-21-11/h2-3,5,12H,4,6-10H2,1H3,(H2,15,19)(H,16,20)/t12-/m0/s1. The minimum Gasteiger partial charge on any atom is -0.467 e. The lowest BCUT2D eigenvalue weighted by Gasteiger charge is -2.34. The predicted octanol–water partition coefficient (Wildman–Crippen LogP) is -0.393. The Morgan fingerprint density at radius 2 is 2.36 bits per heavy atom. The number of ether oxygens (including phenoxy) is 1. The van der Waals surface area contributed by atoms with E-state index in [2.05, 4.69) is 5.32 Å². The van der Waals surface area contributed by atoms with Crippen LogP contribution in [0, 0.1) is 0 Å². The Labute approximate surface area is 129 Å². The Bertz CT molecular complexity index is 491. The van der Waals surface area contributed by atoms with E-state index in [0.717, 1.165) is 0 Å². The summed E-state index contributed by atoms with van der Waals surface area (Å²) in [5.74, 6) is 0.325. The van der Waals surface area contributed by atoms with Crippen LogP contribution in [0.25, 0.3) is 0 Å². The predicted molar refractivity (Wildman–Crippen MR) is 78.9 cm³/mol. The first-order valence-corrected chi connectivity index (χ1v) is 7.18. The maximum atomic E-state index is 12.1. The monoisotopic (exact) mass is 310 g/mol. The van der Waals surface area contributed by atoms with Gasteiger partial charge in [0.15, 0.2) is 0 Å². The number of nitrogens with two attached hydrogens (primary N) is 1. The van der Waals surface area contributed by atoms with Gasteiger partial charge < -0.3 is 25.1 Å². The molecule has 122 valence electrons. The molecule has 1 saturated heterocycles. The number of urea groups is 1. The van der Waals surface area contributed by atoms with E-state index in [1.54, 1.807) is 35.2 Å². The Morgan fingerprint density at radius 1 is 1.55 bits per heavy atom. The zero-order valence-electron chi connectivity index (χ0n) is 12.7. The van der Waals surface area contributed by atoms with Gasteiger partial charge >= 0.3 is 6.03 Å². The van der Waals surface area contributed by atoms with E-state index < -0.39 is 0 Å². The summed E-state index contributed by atoms with van der Waals surface area (Å²) in [5, 5.41) is 2.81. The highest BCUT2D eigenvalue weighted by Gasteiger charge is 2.25. The average molecular weight is 310 g/mol. The van der Waals surface area contributed by atoms with Crippen LogP contribution in [0.5, 0.6) is 0 Å². The van der Waals surface area contributed by atoms with Crippen LogP contribution < -0.4 is 11.1 Å². The number of carbonyl (C=O) groups is 2. The minimum absolute atomic E-state index is 0.132. The largest absolute Gasteiger partial charge is 0.467 e. The Hall–Kier alpha value is -2.06. The van der Waals surface area contributed by atoms with Crippen LogP contribution in [0.4, 0.5) is 4.79 Å². The number of nitrogens with one attached hydrogen (secondary N) is 1. The van der Waals surface area contributed by atoms with Gasteiger partial charge in [-0.05, 0) is 19.2 Å². The van der Waals surface area contributed by atoms with Crippen molar-refractivity contribution < 1.29 is 18.7 Å². The minimum atomic E-state index is -0.383. The van der Waals surface area contributed by atoms with Crippen molar-refractivity contribution in [3.63, 3.8) is 0 Å². The molecule has 22 heavy (non-hydrogen) atoms. The van der Waals surface area contributed by atoms with Crippen molar-refractivity contribution in [2.45, 2.75) is 12.6 Å². The lowest BCUT2D eigenvalue weighted by atomic mass is 10.2. The van der Waals surface area contributed by atoms with Gasteiger partial charge in [0.25, 0.3) is 0 Å². The molecule has 0 saturated carbocycles. The zero-order valence-corrected chi connectivity index (χ0v) is 12.7. The number of furan rings is 1. The quantitative estimate of drug-likeness (QED) is 0.745. The van der Waals surface area contributed by atoms with Crippen LogP contribution in [0.1, 0.15) is 5.76 Å². The molecule has 0 spiro atoms. The van der Waals surface area contributed by atoms with E-state index in [9.17, 15) is 9.59 Å². The molecule has 8 nitrogen and oxygen atoms in total. The number of carbonyl (C=O) groups excluding carboxylic acids is 2. The van der Waals surface area contributed by atoms with Gasteiger partial charge in [-0.1, -0.05) is 0 Å². The number of rotatable bonds is 6. The van der Waals surface area contributed by atoms with E-state index in [0.29, 0.717) is 38.5 Å². The number of primary amides is 1. The first-order chi connectivity index (χ1) is 10.5. The summed E-state index contributed by atoms with van der Waals surface area (Å²) >= 11 is 0. The molecule has 0 unspecified atom stereocenters. The second-order valence-corrected chi connectivity index (χ2v) is 5.34. The highest BCUT2D eigenvalue weighted by atomic mass is 16.5. The molecule has 1 aromatic heterocycles. The molecular weight excluding hydrogens is 288 g/mol. The molecule has 2 heterocycles. The third-order valence-electron chi connectivity index (χ3n) is 3.36. The van der Waals surface area contributed by atoms with Crippen molar-refractivity contribution >= 4 is 11.9 Å². The van der Waals surface area contributed by atoms with Gasteiger partial charge in [0.2, 0.25) is 5.91 Å². The fourth-order valence-corrected chi connectivity index (χ4v) is 2.38. The molecule has 3 amide bonds. The number of likely N-dealkylation sites (N-methyl/N-ethyl adjacent to an activating group) is 1. The maximum Gasteiger partial charge on any atom is 0.317 e. The Balaban J connectivity index is 1.76. The molecule has 0 radical (unpaired) electrons. The average Bonchev–Trinajstić information content (AvgIpc) is 2.97. The lowest BCUT2D eigenvalue weighted by molar-refractivity contribution is -0.119. The Morgan fingerprint density at radius 3 is 3.05 bits per heavy atom. The molecule has 8 heteroatoms. The van der Waals surface area contributed by atoms with Crippen molar-refractivity contribution in [2.24, 2.45) is 5.73 Å². The van der Waals surface area contributed by atoms with Crippen LogP contribution >= 0.6 is 0 Å². The van der Waals surface area contributed by atoms with E-state index in [4.69, 9.17) is 14.9 Å². The number of amides is 3. The van der Waals surface area contributed by atoms with Gasteiger partial charge in [-0.2, -0.15) is 0 Å². The van der Waals surface area contributed by atoms with Gasteiger partial charge in [0.1, 0.15) is 5.76 Å². The molecule has 1 aliphatic heterocycles. The molecule has 1 atom stereocenters. The highest BCUT2D eigenvalue weighted by molar-refractivity contribution is 5.76. The highest BCUT2D eigenvalue weighted by Crippen LogP contribution is 2.07.